The van der Waals surface area contributed by atoms with Gasteiger partial charge in [0.25, 0.3) is 0 Å². The third-order valence-corrected chi connectivity index (χ3v) is 7.00. The molecule has 2 aromatic rings. The van der Waals surface area contributed by atoms with Crippen LogP contribution in [0, 0.1) is 23.7 Å². The highest BCUT2D eigenvalue weighted by Gasteiger charge is 2.48. The summed E-state index contributed by atoms with van der Waals surface area (Å²) in [7, 11) is 1.57. The highest BCUT2D eigenvalue weighted by Crippen LogP contribution is 2.55. The Morgan fingerprint density at radius 1 is 1.26 bits per heavy atom. The van der Waals surface area contributed by atoms with E-state index in [-0.39, 0.29) is 17.5 Å². The Labute approximate surface area is 182 Å². The summed E-state index contributed by atoms with van der Waals surface area (Å²) in [4.78, 5) is 14.7. The third kappa shape index (κ3) is 3.40. The van der Waals surface area contributed by atoms with Gasteiger partial charge in [0.05, 0.1) is 19.2 Å². The maximum atomic E-state index is 12.7. The van der Waals surface area contributed by atoms with E-state index in [1.807, 2.05) is 35.2 Å². The van der Waals surface area contributed by atoms with Crippen molar-refractivity contribution in [1.82, 2.24) is 4.90 Å². The van der Waals surface area contributed by atoms with E-state index in [4.69, 9.17) is 4.74 Å². The van der Waals surface area contributed by atoms with Crippen molar-refractivity contribution in [3.05, 3.63) is 64.9 Å². The van der Waals surface area contributed by atoms with Gasteiger partial charge in [0.2, 0.25) is 0 Å². The van der Waals surface area contributed by atoms with Crippen molar-refractivity contribution < 1.29 is 9.53 Å². The van der Waals surface area contributed by atoms with Gasteiger partial charge in [-0.25, -0.2) is 4.79 Å². The standard InChI is InChI=1S/C25H26N4O2/c1-16-4-3-5-21-20(16)15-29(24(30)28-21)19-8-10-25(11-9-19)13-23(25)27-18-6-7-22(31-2)17(12-18)14-26/h3-7,12-13,19,27H,8-11,15H2,1-2H3,(H,28,30). The summed E-state index contributed by atoms with van der Waals surface area (Å²) >= 11 is 0. The molecule has 31 heavy (non-hydrogen) atoms. The van der Waals surface area contributed by atoms with Crippen molar-refractivity contribution in [2.75, 3.05) is 17.7 Å². The Balaban J connectivity index is 1.22. The van der Waals surface area contributed by atoms with Gasteiger partial charge in [-0.1, -0.05) is 18.2 Å². The van der Waals surface area contributed by atoms with Gasteiger partial charge in [-0.3, -0.25) is 0 Å². The van der Waals surface area contributed by atoms with Gasteiger partial charge in [0, 0.05) is 28.5 Å². The molecule has 1 heterocycles. The van der Waals surface area contributed by atoms with Crippen molar-refractivity contribution in [1.29, 1.82) is 5.26 Å². The maximum absolute atomic E-state index is 12.7. The van der Waals surface area contributed by atoms with Crippen LogP contribution in [0.4, 0.5) is 16.2 Å². The number of carbonyl (C=O) groups is 1. The fraction of sp³-hybridized carbons (Fsp3) is 0.360. The van der Waals surface area contributed by atoms with Crippen molar-refractivity contribution in [2.45, 2.75) is 45.2 Å². The summed E-state index contributed by atoms with van der Waals surface area (Å²) in [5.74, 6) is 0.588. The number of carbonyl (C=O) groups excluding carboxylic acids is 1. The molecule has 1 saturated carbocycles. The molecular formula is C25H26N4O2. The summed E-state index contributed by atoms with van der Waals surface area (Å²) in [6.45, 7) is 2.79. The van der Waals surface area contributed by atoms with Crippen LogP contribution in [0.1, 0.15) is 42.4 Å². The number of hydrogen-bond acceptors (Lipinski definition) is 4. The molecule has 158 valence electrons. The van der Waals surface area contributed by atoms with Gasteiger partial charge in [-0.05, 0) is 68.0 Å². The SMILES string of the molecule is COc1ccc(NC2=CC23CCC(N2Cc4c(C)cccc4NC2=O)CC3)cc1C#N. The molecule has 1 aliphatic heterocycles. The summed E-state index contributed by atoms with van der Waals surface area (Å²) in [5, 5.41) is 15.9. The molecule has 1 spiro atoms. The summed E-state index contributed by atoms with van der Waals surface area (Å²) in [6, 6.07) is 14.1. The molecule has 2 aromatic carbocycles. The zero-order chi connectivity index (χ0) is 21.6. The van der Waals surface area contributed by atoms with Crippen LogP contribution >= 0.6 is 0 Å². The van der Waals surface area contributed by atoms with E-state index in [9.17, 15) is 10.1 Å². The number of benzene rings is 2. The van der Waals surface area contributed by atoms with Crippen LogP contribution in [-0.4, -0.2) is 24.1 Å². The first-order valence-electron chi connectivity index (χ1n) is 10.8. The number of nitriles is 1. The minimum Gasteiger partial charge on any atom is -0.495 e. The molecule has 0 bridgehead atoms. The van der Waals surface area contributed by atoms with Gasteiger partial charge in [0.1, 0.15) is 11.8 Å². The lowest BCUT2D eigenvalue weighted by molar-refractivity contribution is 0.145. The van der Waals surface area contributed by atoms with Crippen molar-refractivity contribution in [3.63, 3.8) is 0 Å². The number of urea groups is 1. The Hall–Kier alpha value is -3.46. The molecule has 0 radical (unpaired) electrons. The number of methoxy groups -OCH3 is 1. The number of amides is 2. The Morgan fingerprint density at radius 3 is 2.81 bits per heavy atom. The van der Waals surface area contributed by atoms with Gasteiger partial charge >= 0.3 is 6.03 Å². The lowest BCUT2D eigenvalue weighted by Gasteiger charge is -2.40. The number of rotatable bonds is 4. The second-order valence-electron chi connectivity index (χ2n) is 8.76. The van der Waals surface area contributed by atoms with Crippen LogP contribution in [0.3, 0.4) is 0 Å². The first-order chi connectivity index (χ1) is 15.0. The number of nitrogens with one attached hydrogen (secondary N) is 2. The number of ether oxygens (including phenoxy) is 1. The highest BCUT2D eigenvalue weighted by molar-refractivity contribution is 5.92. The molecule has 2 aliphatic carbocycles. The van der Waals surface area contributed by atoms with E-state index >= 15 is 0 Å². The number of fused-ring (bicyclic) bond motifs is 1. The van der Waals surface area contributed by atoms with Crippen LogP contribution in [0.2, 0.25) is 0 Å². The summed E-state index contributed by atoms with van der Waals surface area (Å²) < 4.78 is 5.23. The van der Waals surface area contributed by atoms with Crippen molar-refractivity contribution in [2.24, 2.45) is 5.41 Å². The fourth-order valence-electron chi connectivity index (χ4n) is 5.03. The average Bonchev–Trinajstić information content (AvgIpc) is 3.44. The maximum Gasteiger partial charge on any atom is 0.322 e. The Morgan fingerprint density at radius 2 is 2.06 bits per heavy atom. The number of hydrogen-bond donors (Lipinski definition) is 2. The molecule has 1 fully saturated rings. The zero-order valence-electron chi connectivity index (χ0n) is 17.9. The van der Waals surface area contributed by atoms with Crippen LogP contribution in [0.15, 0.2) is 48.2 Å². The fourth-order valence-corrected chi connectivity index (χ4v) is 5.03. The van der Waals surface area contributed by atoms with Crippen molar-refractivity contribution in [3.8, 4) is 11.8 Å². The molecule has 0 aromatic heterocycles. The number of allylic oxidation sites excluding steroid dienone is 2. The summed E-state index contributed by atoms with van der Waals surface area (Å²) in [6.07, 6.45) is 6.34. The first kappa shape index (κ1) is 19.5. The topological polar surface area (TPSA) is 77.4 Å². The molecule has 6 heteroatoms. The predicted molar refractivity (Wildman–Crippen MR) is 120 cm³/mol. The van der Waals surface area contributed by atoms with Gasteiger partial charge in [0.15, 0.2) is 0 Å². The molecule has 2 N–H and O–H groups in total. The lowest BCUT2D eigenvalue weighted by atomic mass is 9.80. The Kier molecular flexibility index (Phi) is 4.62. The zero-order valence-corrected chi connectivity index (χ0v) is 17.9. The van der Waals surface area contributed by atoms with E-state index in [1.54, 1.807) is 7.11 Å². The van der Waals surface area contributed by atoms with Gasteiger partial charge < -0.3 is 20.3 Å². The van der Waals surface area contributed by atoms with Crippen LogP contribution in [0.25, 0.3) is 0 Å². The second-order valence-corrected chi connectivity index (χ2v) is 8.76. The molecule has 6 nitrogen and oxygen atoms in total. The molecule has 0 atom stereocenters. The molecule has 5 rings (SSSR count). The van der Waals surface area contributed by atoms with Gasteiger partial charge in [-0.2, -0.15) is 5.26 Å². The van der Waals surface area contributed by atoms with E-state index < -0.39 is 0 Å². The molecule has 0 saturated heterocycles. The van der Waals surface area contributed by atoms with E-state index in [1.165, 1.54) is 16.8 Å². The summed E-state index contributed by atoms with van der Waals surface area (Å²) in [5.41, 5.74) is 6.17. The van der Waals surface area contributed by atoms with Crippen LogP contribution in [-0.2, 0) is 6.54 Å². The van der Waals surface area contributed by atoms with Crippen LogP contribution in [0.5, 0.6) is 5.75 Å². The minimum atomic E-state index is 0.0171. The van der Waals surface area contributed by atoms with Gasteiger partial charge in [-0.15, -0.1) is 0 Å². The third-order valence-electron chi connectivity index (χ3n) is 7.00. The Bertz CT molecular complexity index is 1120. The van der Waals surface area contributed by atoms with E-state index in [0.29, 0.717) is 17.9 Å². The molecule has 0 unspecified atom stereocenters. The molecule has 3 aliphatic rings. The normalized spacial score (nSPS) is 24.0. The number of anilines is 2. The molecule has 2 amide bonds. The number of aryl methyl sites for hydroxylation is 1. The number of nitrogens with zero attached hydrogens (tertiary/aromatic N) is 2. The van der Waals surface area contributed by atoms with Crippen LogP contribution < -0.4 is 15.4 Å². The largest absolute Gasteiger partial charge is 0.495 e. The lowest BCUT2D eigenvalue weighted by Crippen LogP contribution is -2.47. The second kappa shape index (κ2) is 7.35. The quantitative estimate of drug-likeness (QED) is 0.724. The first-order valence-corrected chi connectivity index (χ1v) is 10.8. The monoisotopic (exact) mass is 414 g/mol. The minimum absolute atomic E-state index is 0.0171. The van der Waals surface area contributed by atoms with E-state index in [0.717, 1.165) is 37.1 Å². The molecular weight excluding hydrogens is 388 g/mol. The smallest absolute Gasteiger partial charge is 0.322 e. The highest BCUT2D eigenvalue weighted by atomic mass is 16.5. The predicted octanol–water partition coefficient (Wildman–Crippen LogP) is 5.16. The van der Waals surface area contributed by atoms with E-state index in [2.05, 4.69) is 35.8 Å². The average molecular weight is 415 g/mol. The van der Waals surface area contributed by atoms with Crippen molar-refractivity contribution >= 4 is 17.4 Å².